The van der Waals surface area contributed by atoms with E-state index < -0.39 is 0 Å². The van der Waals surface area contributed by atoms with Gasteiger partial charge in [0.25, 0.3) is 0 Å². The smallest absolute Gasteiger partial charge is 0.137 e. The Kier molecular flexibility index (Phi) is 3.64. The lowest BCUT2D eigenvalue weighted by atomic mass is 10.0. The highest BCUT2D eigenvalue weighted by atomic mass is 79.9. The highest BCUT2D eigenvalue weighted by Crippen LogP contribution is 2.27. The Morgan fingerprint density at radius 1 is 1.15 bits per heavy atom. The minimum absolute atomic E-state index is 0.129. The average molecular weight is 330 g/mol. The second-order valence-electron chi connectivity index (χ2n) is 5.08. The van der Waals surface area contributed by atoms with Gasteiger partial charge >= 0.3 is 0 Å². The fourth-order valence-electron chi connectivity index (χ4n) is 2.43. The van der Waals surface area contributed by atoms with E-state index in [9.17, 15) is 0 Å². The number of hydrogen-bond acceptors (Lipinski definition) is 2. The zero-order valence-corrected chi connectivity index (χ0v) is 12.9. The molecule has 0 saturated heterocycles. The van der Waals surface area contributed by atoms with Crippen molar-refractivity contribution in [3.63, 3.8) is 0 Å². The van der Waals surface area contributed by atoms with E-state index in [2.05, 4.69) is 47.1 Å². The molecule has 1 unspecified atom stereocenters. The van der Waals surface area contributed by atoms with E-state index in [1.165, 1.54) is 5.56 Å². The van der Waals surface area contributed by atoms with Crippen LogP contribution in [0.1, 0.15) is 22.9 Å². The zero-order valence-electron chi connectivity index (χ0n) is 11.3. The Balaban J connectivity index is 1.89. The summed E-state index contributed by atoms with van der Waals surface area (Å²) in [6.07, 6.45) is 0.762. The molecular formula is C17H16BrNO. The molecule has 20 heavy (non-hydrogen) atoms. The summed E-state index contributed by atoms with van der Waals surface area (Å²) in [5, 5.41) is 1.12. The molecule has 2 N–H and O–H groups in total. The summed E-state index contributed by atoms with van der Waals surface area (Å²) >= 11 is 3.48. The average Bonchev–Trinajstić information content (AvgIpc) is 2.84. The predicted octanol–water partition coefficient (Wildman–Crippen LogP) is 4.75. The van der Waals surface area contributed by atoms with Crippen molar-refractivity contribution in [1.82, 2.24) is 0 Å². The molecule has 1 heterocycles. The van der Waals surface area contributed by atoms with Gasteiger partial charge in [-0.15, -0.1) is 0 Å². The molecule has 1 atom stereocenters. The maximum Gasteiger partial charge on any atom is 0.137 e. The van der Waals surface area contributed by atoms with Crippen molar-refractivity contribution in [3.05, 3.63) is 69.9 Å². The van der Waals surface area contributed by atoms with Crippen molar-refractivity contribution in [2.45, 2.75) is 19.4 Å². The molecule has 0 fully saturated rings. The number of furan rings is 1. The Labute approximate surface area is 126 Å². The van der Waals surface area contributed by atoms with E-state index in [1.54, 1.807) is 0 Å². The normalized spacial score (nSPS) is 12.8. The van der Waals surface area contributed by atoms with E-state index in [4.69, 9.17) is 10.2 Å². The summed E-state index contributed by atoms with van der Waals surface area (Å²) in [4.78, 5) is 0. The molecule has 0 radical (unpaired) electrons. The SMILES string of the molecule is Cc1cccc2cc(C(N)Cc3cccc(Br)c3)oc12. The first-order chi connectivity index (χ1) is 9.63. The van der Waals surface area contributed by atoms with Crippen molar-refractivity contribution < 1.29 is 4.42 Å². The van der Waals surface area contributed by atoms with Gasteiger partial charge < -0.3 is 10.2 Å². The van der Waals surface area contributed by atoms with Gasteiger partial charge in [-0.05, 0) is 42.7 Å². The summed E-state index contributed by atoms with van der Waals surface area (Å²) in [6, 6.07) is 16.3. The molecule has 3 heteroatoms. The van der Waals surface area contributed by atoms with E-state index in [0.29, 0.717) is 0 Å². The van der Waals surface area contributed by atoms with Crippen LogP contribution < -0.4 is 5.73 Å². The molecule has 2 aromatic carbocycles. The molecule has 3 rings (SSSR count). The highest BCUT2D eigenvalue weighted by molar-refractivity contribution is 9.10. The first kappa shape index (κ1) is 13.4. The van der Waals surface area contributed by atoms with E-state index in [0.717, 1.165) is 33.2 Å². The third kappa shape index (κ3) is 2.65. The van der Waals surface area contributed by atoms with Crippen LogP contribution in [0.4, 0.5) is 0 Å². The Morgan fingerprint density at radius 2 is 1.95 bits per heavy atom. The van der Waals surface area contributed by atoms with Gasteiger partial charge in [-0.1, -0.05) is 46.3 Å². The second kappa shape index (κ2) is 5.43. The van der Waals surface area contributed by atoms with Gasteiger partial charge in [0.15, 0.2) is 0 Å². The number of hydrogen-bond donors (Lipinski definition) is 1. The number of halogens is 1. The van der Waals surface area contributed by atoms with Crippen LogP contribution in [0.3, 0.4) is 0 Å². The lowest BCUT2D eigenvalue weighted by Crippen LogP contribution is -2.12. The van der Waals surface area contributed by atoms with Crippen LogP contribution in [0, 0.1) is 6.92 Å². The predicted molar refractivity (Wildman–Crippen MR) is 85.7 cm³/mol. The molecule has 0 saturated carbocycles. The Hall–Kier alpha value is -1.58. The highest BCUT2D eigenvalue weighted by Gasteiger charge is 2.13. The second-order valence-corrected chi connectivity index (χ2v) is 6.00. The lowest BCUT2D eigenvalue weighted by Gasteiger charge is -2.08. The number of rotatable bonds is 3. The fourth-order valence-corrected chi connectivity index (χ4v) is 2.88. The van der Waals surface area contributed by atoms with E-state index in [1.807, 2.05) is 24.3 Å². The van der Waals surface area contributed by atoms with Crippen LogP contribution in [-0.2, 0) is 6.42 Å². The standard InChI is InChI=1S/C17H16BrNO/c1-11-4-2-6-13-10-16(20-17(11)13)15(19)9-12-5-3-7-14(18)8-12/h2-8,10,15H,9,19H2,1H3. The molecule has 0 aliphatic heterocycles. The minimum atomic E-state index is -0.129. The van der Waals surface area contributed by atoms with Gasteiger partial charge in [-0.2, -0.15) is 0 Å². The molecule has 3 aromatic rings. The van der Waals surface area contributed by atoms with E-state index in [-0.39, 0.29) is 6.04 Å². The number of para-hydroxylation sites is 1. The van der Waals surface area contributed by atoms with Crippen LogP contribution in [0.15, 0.2) is 57.4 Å². The summed E-state index contributed by atoms with van der Waals surface area (Å²) in [7, 11) is 0. The van der Waals surface area contributed by atoms with Gasteiger partial charge in [0.05, 0.1) is 6.04 Å². The van der Waals surface area contributed by atoms with Gasteiger partial charge in [-0.3, -0.25) is 0 Å². The molecular weight excluding hydrogens is 314 g/mol. The molecule has 0 bridgehead atoms. The van der Waals surface area contributed by atoms with Crippen LogP contribution in [0.25, 0.3) is 11.0 Å². The molecule has 1 aromatic heterocycles. The number of aryl methyl sites for hydroxylation is 1. The van der Waals surface area contributed by atoms with Crippen LogP contribution >= 0.6 is 15.9 Å². The lowest BCUT2D eigenvalue weighted by molar-refractivity contribution is 0.493. The molecule has 0 spiro atoms. The van der Waals surface area contributed by atoms with Crippen molar-refractivity contribution in [1.29, 1.82) is 0 Å². The molecule has 0 aliphatic rings. The quantitative estimate of drug-likeness (QED) is 0.753. The van der Waals surface area contributed by atoms with Crippen molar-refractivity contribution in [2.24, 2.45) is 5.73 Å². The molecule has 0 aliphatic carbocycles. The van der Waals surface area contributed by atoms with Crippen LogP contribution in [-0.4, -0.2) is 0 Å². The monoisotopic (exact) mass is 329 g/mol. The Morgan fingerprint density at radius 3 is 2.70 bits per heavy atom. The Bertz CT molecular complexity index is 748. The van der Waals surface area contributed by atoms with Crippen molar-refractivity contribution in [2.75, 3.05) is 0 Å². The first-order valence-corrected chi connectivity index (χ1v) is 7.42. The summed E-state index contributed by atoms with van der Waals surface area (Å²) in [6.45, 7) is 2.05. The topological polar surface area (TPSA) is 39.2 Å². The summed E-state index contributed by atoms with van der Waals surface area (Å²) < 4.78 is 7.00. The third-order valence-electron chi connectivity index (χ3n) is 3.47. The third-order valence-corrected chi connectivity index (χ3v) is 3.96. The summed E-state index contributed by atoms with van der Waals surface area (Å²) in [5.41, 5.74) is 9.56. The number of benzene rings is 2. The minimum Gasteiger partial charge on any atom is -0.459 e. The van der Waals surface area contributed by atoms with Crippen LogP contribution in [0.2, 0.25) is 0 Å². The van der Waals surface area contributed by atoms with Gasteiger partial charge in [0, 0.05) is 9.86 Å². The maximum atomic E-state index is 6.28. The summed E-state index contributed by atoms with van der Waals surface area (Å²) in [5.74, 6) is 0.842. The first-order valence-electron chi connectivity index (χ1n) is 6.62. The maximum absolute atomic E-state index is 6.28. The van der Waals surface area contributed by atoms with E-state index >= 15 is 0 Å². The molecule has 102 valence electrons. The fraction of sp³-hybridized carbons (Fsp3) is 0.176. The van der Waals surface area contributed by atoms with Crippen molar-refractivity contribution >= 4 is 26.9 Å². The zero-order chi connectivity index (χ0) is 14.1. The van der Waals surface area contributed by atoms with Gasteiger partial charge in [0.2, 0.25) is 0 Å². The van der Waals surface area contributed by atoms with Crippen molar-refractivity contribution in [3.8, 4) is 0 Å². The van der Waals surface area contributed by atoms with Crippen LogP contribution in [0.5, 0.6) is 0 Å². The number of fused-ring (bicyclic) bond motifs is 1. The van der Waals surface area contributed by atoms with Gasteiger partial charge in [-0.25, -0.2) is 0 Å². The molecule has 0 amide bonds. The van der Waals surface area contributed by atoms with Gasteiger partial charge in [0.1, 0.15) is 11.3 Å². The largest absolute Gasteiger partial charge is 0.459 e. The number of nitrogens with two attached hydrogens (primary N) is 1. The molecule has 2 nitrogen and oxygen atoms in total.